The fourth-order valence-electron chi connectivity index (χ4n) is 2.51. The van der Waals surface area contributed by atoms with Crippen LogP contribution in [0.2, 0.25) is 0 Å². The number of rotatable bonds is 4. The normalized spacial score (nSPS) is 19.9. The number of nitrogens with two attached hydrogens (primary N) is 1. The smallest absolute Gasteiger partial charge is 0.159 e. The van der Waals surface area contributed by atoms with Crippen molar-refractivity contribution in [2.75, 3.05) is 18.1 Å². The molecule has 1 atom stereocenters. The van der Waals surface area contributed by atoms with Crippen LogP contribution in [0.4, 0.5) is 5.69 Å². The molecule has 0 aliphatic carbocycles. The van der Waals surface area contributed by atoms with Crippen LogP contribution in [-0.4, -0.2) is 25.0 Å². The molecule has 0 radical (unpaired) electrons. The number of hydrogen-bond acceptors (Lipinski definition) is 4. The fourth-order valence-corrected chi connectivity index (χ4v) is 2.51. The molecule has 1 aliphatic rings. The molecule has 1 saturated heterocycles. The highest BCUT2D eigenvalue weighted by Gasteiger charge is 2.22. The molecule has 2 rings (SSSR count). The first-order valence-electron chi connectivity index (χ1n) is 6.41. The first kappa shape index (κ1) is 13.1. The molecule has 4 heteroatoms. The third-order valence-corrected chi connectivity index (χ3v) is 3.52. The lowest BCUT2D eigenvalue weighted by atomic mass is 10.0. The van der Waals surface area contributed by atoms with E-state index in [1.807, 2.05) is 24.3 Å². The molecular weight excluding hydrogens is 228 g/mol. The predicted octanol–water partition coefficient (Wildman–Crippen LogP) is 2.14. The van der Waals surface area contributed by atoms with Crippen LogP contribution in [0.5, 0.6) is 0 Å². The molecule has 0 saturated carbocycles. The third-order valence-electron chi connectivity index (χ3n) is 3.52. The van der Waals surface area contributed by atoms with Crippen LogP contribution in [0.1, 0.15) is 36.5 Å². The first-order chi connectivity index (χ1) is 8.72. The van der Waals surface area contributed by atoms with E-state index in [2.05, 4.69) is 4.90 Å². The van der Waals surface area contributed by atoms with Gasteiger partial charge in [-0.3, -0.25) is 4.79 Å². The number of carbonyl (C=O) groups is 1. The molecule has 0 bridgehead atoms. The average molecular weight is 248 g/mol. The molecule has 0 amide bonds. The quantitative estimate of drug-likeness (QED) is 0.655. The molecule has 98 valence electrons. The summed E-state index contributed by atoms with van der Waals surface area (Å²) in [6, 6.07) is 8.11. The van der Waals surface area contributed by atoms with Crippen LogP contribution < -0.4 is 10.8 Å². The van der Waals surface area contributed by atoms with E-state index in [-0.39, 0.29) is 5.78 Å². The largest absolute Gasteiger partial charge is 0.366 e. The van der Waals surface area contributed by atoms with Crippen molar-refractivity contribution in [3.05, 3.63) is 29.8 Å². The summed E-state index contributed by atoms with van der Waals surface area (Å²) in [5, 5.41) is 0. The van der Waals surface area contributed by atoms with Crippen LogP contribution in [0.3, 0.4) is 0 Å². The third kappa shape index (κ3) is 2.89. The summed E-state index contributed by atoms with van der Waals surface area (Å²) in [7, 11) is 0. The number of benzene rings is 1. The number of ketones is 1. The minimum Gasteiger partial charge on any atom is -0.366 e. The second-order valence-electron chi connectivity index (χ2n) is 4.78. The van der Waals surface area contributed by atoms with E-state index in [9.17, 15) is 4.79 Å². The summed E-state index contributed by atoms with van der Waals surface area (Å²) in [4.78, 5) is 18.4. The van der Waals surface area contributed by atoms with Crippen molar-refractivity contribution in [2.45, 2.75) is 32.2 Å². The van der Waals surface area contributed by atoms with Gasteiger partial charge in [0.1, 0.15) is 0 Å². The van der Waals surface area contributed by atoms with Gasteiger partial charge in [0.25, 0.3) is 0 Å². The Bertz CT molecular complexity index is 401. The zero-order valence-corrected chi connectivity index (χ0v) is 10.8. The Labute approximate surface area is 108 Å². The van der Waals surface area contributed by atoms with Gasteiger partial charge in [-0.1, -0.05) is 0 Å². The lowest BCUT2D eigenvalue weighted by molar-refractivity contribution is 0.101. The Morgan fingerprint density at radius 2 is 2.11 bits per heavy atom. The molecule has 4 nitrogen and oxygen atoms in total. The summed E-state index contributed by atoms with van der Waals surface area (Å²) >= 11 is 0. The van der Waals surface area contributed by atoms with Crippen molar-refractivity contribution in [3.63, 3.8) is 0 Å². The van der Waals surface area contributed by atoms with E-state index in [0.29, 0.717) is 12.6 Å². The summed E-state index contributed by atoms with van der Waals surface area (Å²) in [5.41, 5.74) is 1.89. The lowest BCUT2D eigenvalue weighted by Gasteiger charge is -2.37. The maximum atomic E-state index is 11.2. The second-order valence-corrected chi connectivity index (χ2v) is 4.78. The molecule has 1 aromatic carbocycles. The number of nitrogens with zero attached hydrogens (tertiary/aromatic N) is 1. The van der Waals surface area contributed by atoms with Gasteiger partial charge in [0.2, 0.25) is 0 Å². The summed E-state index contributed by atoms with van der Waals surface area (Å²) in [6.45, 7) is 3.16. The maximum Gasteiger partial charge on any atom is 0.159 e. The minimum atomic E-state index is 0.0991. The minimum absolute atomic E-state index is 0.0991. The van der Waals surface area contributed by atoms with Gasteiger partial charge >= 0.3 is 0 Å². The zero-order chi connectivity index (χ0) is 13.0. The summed E-state index contributed by atoms with van der Waals surface area (Å²) in [6.07, 6.45) is 3.51. The highest BCUT2D eigenvalue weighted by atomic mass is 16.6. The maximum absolute atomic E-state index is 11.2. The van der Waals surface area contributed by atoms with E-state index in [4.69, 9.17) is 10.7 Å². The number of carbonyl (C=O) groups excluding carboxylic acids is 1. The van der Waals surface area contributed by atoms with Crippen LogP contribution in [0.15, 0.2) is 24.3 Å². The van der Waals surface area contributed by atoms with Gasteiger partial charge in [-0.25, -0.2) is 5.90 Å². The second kappa shape index (κ2) is 5.98. The monoisotopic (exact) mass is 248 g/mol. The zero-order valence-electron chi connectivity index (χ0n) is 10.8. The van der Waals surface area contributed by atoms with Gasteiger partial charge in [0.15, 0.2) is 5.78 Å². The summed E-state index contributed by atoms with van der Waals surface area (Å²) < 4.78 is 0. The van der Waals surface area contributed by atoms with Crippen LogP contribution in [0, 0.1) is 0 Å². The van der Waals surface area contributed by atoms with Crippen molar-refractivity contribution in [1.82, 2.24) is 0 Å². The Hall–Kier alpha value is -1.39. The molecule has 1 aromatic rings. The van der Waals surface area contributed by atoms with Crippen molar-refractivity contribution >= 4 is 11.5 Å². The van der Waals surface area contributed by atoms with Crippen molar-refractivity contribution in [2.24, 2.45) is 5.90 Å². The molecular formula is C14H20N2O2. The molecule has 0 spiro atoms. The van der Waals surface area contributed by atoms with Crippen LogP contribution in [0.25, 0.3) is 0 Å². The van der Waals surface area contributed by atoms with E-state index in [0.717, 1.165) is 24.2 Å². The van der Waals surface area contributed by atoms with Gasteiger partial charge in [-0.2, -0.15) is 0 Å². The first-order valence-corrected chi connectivity index (χ1v) is 6.41. The lowest BCUT2D eigenvalue weighted by Crippen LogP contribution is -2.43. The number of hydrogen-bond donors (Lipinski definition) is 1. The summed E-state index contributed by atoms with van der Waals surface area (Å²) in [5.74, 6) is 5.29. The molecule has 0 aromatic heterocycles. The van der Waals surface area contributed by atoms with Crippen LogP contribution >= 0.6 is 0 Å². The molecule has 1 heterocycles. The van der Waals surface area contributed by atoms with E-state index in [1.54, 1.807) is 6.92 Å². The highest BCUT2D eigenvalue weighted by Crippen LogP contribution is 2.25. The van der Waals surface area contributed by atoms with Gasteiger partial charge in [0.05, 0.1) is 12.6 Å². The van der Waals surface area contributed by atoms with Gasteiger partial charge in [0, 0.05) is 17.8 Å². The van der Waals surface area contributed by atoms with Crippen LogP contribution in [-0.2, 0) is 4.84 Å². The Morgan fingerprint density at radius 1 is 1.39 bits per heavy atom. The van der Waals surface area contributed by atoms with Gasteiger partial charge < -0.3 is 9.74 Å². The molecule has 1 unspecified atom stereocenters. The highest BCUT2D eigenvalue weighted by molar-refractivity contribution is 5.94. The SMILES string of the molecule is CC(=O)c1ccc(N2CCCCC2CON)cc1. The molecule has 2 N–H and O–H groups in total. The molecule has 1 fully saturated rings. The van der Waals surface area contributed by atoms with E-state index < -0.39 is 0 Å². The van der Waals surface area contributed by atoms with Crippen molar-refractivity contribution in [3.8, 4) is 0 Å². The van der Waals surface area contributed by atoms with Gasteiger partial charge in [-0.15, -0.1) is 0 Å². The van der Waals surface area contributed by atoms with Crippen molar-refractivity contribution < 1.29 is 9.63 Å². The Kier molecular flexibility index (Phi) is 4.33. The fraction of sp³-hybridized carbons (Fsp3) is 0.500. The Morgan fingerprint density at radius 3 is 2.72 bits per heavy atom. The van der Waals surface area contributed by atoms with Crippen molar-refractivity contribution in [1.29, 1.82) is 0 Å². The predicted molar refractivity (Wildman–Crippen MR) is 71.6 cm³/mol. The molecule has 18 heavy (non-hydrogen) atoms. The Balaban J connectivity index is 2.15. The van der Waals surface area contributed by atoms with Gasteiger partial charge in [-0.05, 0) is 50.5 Å². The standard InChI is InChI=1S/C14H20N2O2/c1-11(17)12-5-7-13(8-6-12)16-9-3-2-4-14(16)10-18-15/h5-8,14H,2-4,9-10,15H2,1H3. The number of piperidine rings is 1. The molecule has 1 aliphatic heterocycles. The topological polar surface area (TPSA) is 55.6 Å². The number of Topliss-reactive ketones (excluding diaryl/α,β-unsaturated/α-hetero) is 1. The van der Waals surface area contributed by atoms with E-state index >= 15 is 0 Å². The average Bonchev–Trinajstić information content (AvgIpc) is 2.40. The van der Waals surface area contributed by atoms with E-state index in [1.165, 1.54) is 12.8 Å². The number of anilines is 1.